The number of carbonyl (C=O) groups is 1. The second-order valence-electron chi connectivity index (χ2n) is 7.00. The third kappa shape index (κ3) is 6.38. The van der Waals surface area contributed by atoms with Crippen LogP contribution in [-0.4, -0.2) is 27.6 Å². The van der Waals surface area contributed by atoms with Gasteiger partial charge in [0.15, 0.2) is 0 Å². The van der Waals surface area contributed by atoms with E-state index < -0.39 is 5.97 Å². The van der Waals surface area contributed by atoms with Crippen LogP contribution >= 0.6 is 11.8 Å². The average molecular weight is 408 g/mol. The van der Waals surface area contributed by atoms with Crippen LogP contribution in [0.15, 0.2) is 82.6 Å². The minimum absolute atomic E-state index is 0.0605. The number of aromatic hydroxyl groups is 1. The molecule has 0 unspecified atom stereocenters. The summed E-state index contributed by atoms with van der Waals surface area (Å²) in [5, 5.41) is 19.5. The van der Waals surface area contributed by atoms with Gasteiger partial charge in [0.2, 0.25) is 0 Å². The number of phenolic OH excluding ortho intramolecular Hbond substituents is 1. The van der Waals surface area contributed by atoms with Crippen molar-refractivity contribution >= 4 is 17.7 Å². The molecular formula is C24H25NO3S. The largest absolute Gasteiger partial charge is 0.507 e. The Morgan fingerprint density at radius 3 is 2.41 bits per heavy atom. The van der Waals surface area contributed by atoms with Crippen molar-refractivity contribution in [2.24, 2.45) is 0 Å². The predicted molar refractivity (Wildman–Crippen MR) is 116 cm³/mol. The van der Waals surface area contributed by atoms with Crippen molar-refractivity contribution < 1.29 is 15.0 Å². The molecule has 0 saturated heterocycles. The summed E-state index contributed by atoms with van der Waals surface area (Å²) in [7, 11) is 0. The highest BCUT2D eigenvalue weighted by molar-refractivity contribution is 7.99. The standard InChI is InChI=1S/C24H25NO3S/c1-18-7-5-9-20(24(18)28)17-25(14-13-23(26)27)16-19-8-6-12-22(15-19)29-21-10-3-2-4-11-21/h2-12,15,28H,13-14,16-17H2,1H3,(H,26,27). The molecule has 2 N–H and O–H groups in total. The van der Waals surface area contributed by atoms with E-state index >= 15 is 0 Å². The summed E-state index contributed by atoms with van der Waals surface area (Å²) in [6.07, 6.45) is 0.0605. The van der Waals surface area contributed by atoms with Crippen LogP contribution in [0.4, 0.5) is 0 Å². The fraction of sp³-hybridized carbons (Fsp3) is 0.208. The molecule has 0 aliphatic heterocycles. The van der Waals surface area contributed by atoms with Crippen LogP contribution in [0.5, 0.6) is 5.75 Å². The van der Waals surface area contributed by atoms with Gasteiger partial charge in [0.05, 0.1) is 6.42 Å². The molecule has 150 valence electrons. The van der Waals surface area contributed by atoms with Gasteiger partial charge in [-0.05, 0) is 42.3 Å². The van der Waals surface area contributed by atoms with Crippen molar-refractivity contribution in [2.45, 2.75) is 36.2 Å². The summed E-state index contributed by atoms with van der Waals surface area (Å²) < 4.78 is 0. The SMILES string of the molecule is Cc1cccc(CN(CCC(=O)O)Cc2cccc(Sc3ccccc3)c2)c1O. The minimum atomic E-state index is -0.822. The van der Waals surface area contributed by atoms with Crippen LogP contribution in [0.1, 0.15) is 23.1 Å². The summed E-state index contributed by atoms with van der Waals surface area (Å²) >= 11 is 1.70. The van der Waals surface area contributed by atoms with E-state index in [0.29, 0.717) is 19.6 Å². The van der Waals surface area contributed by atoms with E-state index in [1.54, 1.807) is 11.8 Å². The topological polar surface area (TPSA) is 60.8 Å². The van der Waals surface area contributed by atoms with E-state index in [9.17, 15) is 9.90 Å². The van der Waals surface area contributed by atoms with E-state index in [1.165, 1.54) is 4.90 Å². The van der Waals surface area contributed by atoms with Gasteiger partial charge in [-0.1, -0.05) is 60.3 Å². The molecule has 0 heterocycles. The second kappa shape index (κ2) is 10.1. The zero-order chi connectivity index (χ0) is 20.6. The summed E-state index contributed by atoms with van der Waals surface area (Å²) in [5.74, 6) is -0.543. The first-order chi connectivity index (χ1) is 14.0. The molecule has 0 aliphatic carbocycles. The van der Waals surface area contributed by atoms with Crippen LogP contribution in [0.3, 0.4) is 0 Å². The number of aryl methyl sites for hydroxylation is 1. The molecule has 3 aromatic carbocycles. The molecular weight excluding hydrogens is 382 g/mol. The van der Waals surface area contributed by atoms with Gasteiger partial charge >= 0.3 is 5.97 Å². The van der Waals surface area contributed by atoms with Gasteiger partial charge in [0.1, 0.15) is 5.75 Å². The molecule has 0 fully saturated rings. The Kier molecular flexibility index (Phi) is 7.33. The molecule has 0 spiro atoms. The van der Waals surface area contributed by atoms with Crippen LogP contribution < -0.4 is 0 Å². The highest BCUT2D eigenvalue weighted by Crippen LogP contribution is 2.29. The van der Waals surface area contributed by atoms with Gasteiger partial charge in [0.25, 0.3) is 0 Å². The van der Waals surface area contributed by atoms with E-state index in [4.69, 9.17) is 5.11 Å². The van der Waals surface area contributed by atoms with Crippen molar-refractivity contribution in [3.8, 4) is 5.75 Å². The molecule has 0 bridgehead atoms. The maximum absolute atomic E-state index is 11.1. The predicted octanol–water partition coefficient (Wildman–Crippen LogP) is 5.33. The van der Waals surface area contributed by atoms with E-state index in [-0.39, 0.29) is 12.2 Å². The Hall–Kier alpha value is -2.76. The van der Waals surface area contributed by atoms with Gasteiger partial charge in [-0.2, -0.15) is 0 Å². The van der Waals surface area contributed by atoms with Crippen LogP contribution in [0, 0.1) is 6.92 Å². The summed E-state index contributed by atoms with van der Waals surface area (Å²) in [4.78, 5) is 15.5. The number of rotatable bonds is 9. The lowest BCUT2D eigenvalue weighted by molar-refractivity contribution is -0.137. The molecule has 4 nitrogen and oxygen atoms in total. The molecule has 0 amide bonds. The molecule has 0 aliphatic rings. The molecule has 5 heteroatoms. The Bertz CT molecular complexity index is 959. The maximum atomic E-state index is 11.1. The zero-order valence-electron chi connectivity index (χ0n) is 16.4. The van der Waals surface area contributed by atoms with Gasteiger partial charge in [-0.25, -0.2) is 0 Å². The molecule has 0 radical (unpaired) electrons. The summed E-state index contributed by atoms with van der Waals surface area (Å²) in [6.45, 7) is 3.39. The van der Waals surface area contributed by atoms with Gasteiger partial charge in [-0.3, -0.25) is 9.69 Å². The Labute approximate surface area is 175 Å². The lowest BCUT2D eigenvalue weighted by Gasteiger charge is -2.23. The molecule has 3 rings (SSSR count). The lowest BCUT2D eigenvalue weighted by atomic mass is 10.1. The zero-order valence-corrected chi connectivity index (χ0v) is 17.2. The normalized spacial score (nSPS) is 11.0. The molecule has 3 aromatic rings. The minimum Gasteiger partial charge on any atom is -0.507 e. The number of aliphatic carboxylic acids is 1. The van der Waals surface area contributed by atoms with Gasteiger partial charge < -0.3 is 10.2 Å². The van der Waals surface area contributed by atoms with E-state index in [1.807, 2.05) is 49.4 Å². The number of para-hydroxylation sites is 1. The number of carboxylic acids is 1. The summed E-state index contributed by atoms with van der Waals surface area (Å²) in [5.41, 5.74) is 2.75. The second-order valence-corrected chi connectivity index (χ2v) is 8.15. The molecule has 0 atom stereocenters. The third-order valence-corrected chi connectivity index (χ3v) is 5.64. The number of hydrogen-bond acceptors (Lipinski definition) is 4. The first-order valence-corrected chi connectivity index (χ1v) is 10.4. The van der Waals surface area contributed by atoms with Crippen molar-refractivity contribution in [3.63, 3.8) is 0 Å². The first-order valence-electron chi connectivity index (χ1n) is 9.54. The summed E-state index contributed by atoms with van der Waals surface area (Å²) in [6, 6.07) is 24.2. The number of benzene rings is 3. The smallest absolute Gasteiger partial charge is 0.304 e. The third-order valence-electron chi connectivity index (χ3n) is 4.64. The van der Waals surface area contributed by atoms with Crippen molar-refractivity contribution in [1.82, 2.24) is 4.90 Å². The van der Waals surface area contributed by atoms with E-state index in [0.717, 1.165) is 21.6 Å². The fourth-order valence-electron chi connectivity index (χ4n) is 3.15. The lowest BCUT2D eigenvalue weighted by Crippen LogP contribution is -2.25. The van der Waals surface area contributed by atoms with Crippen molar-refractivity contribution in [1.29, 1.82) is 0 Å². The Morgan fingerprint density at radius 1 is 0.931 bits per heavy atom. The number of nitrogens with zero attached hydrogens (tertiary/aromatic N) is 1. The van der Waals surface area contributed by atoms with Crippen LogP contribution in [0.2, 0.25) is 0 Å². The first kappa shape index (κ1) is 21.0. The van der Waals surface area contributed by atoms with Gasteiger partial charge in [0, 0.05) is 35.0 Å². The van der Waals surface area contributed by atoms with Crippen molar-refractivity contribution in [3.05, 3.63) is 89.5 Å². The van der Waals surface area contributed by atoms with Gasteiger partial charge in [-0.15, -0.1) is 0 Å². The number of phenols is 1. The van der Waals surface area contributed by atoms with Crippen LogP contribution in [0.25, 0.3) is 0 Å². The number of carboxylic acid groups (broad SMARTS) is 1. The fourth-order valence-corrected chi connectivity index (χ4v) is 4.07. The Morgan fingerprint density at radius 2 is 1.66 bits per heavy atom. The average Bonchev–Trinajstić information content (AvgIpc) is 2.70. The number of hydrogen-bond donors (Lipinski definition) is 2. The molecule has 0 aromatic heterocycles. The molecule has 0 saturated carbocycles. The highest BCUT2D eigenvalue weighted by Gasteiger charge is 2.13. The van der Waals surface area contributed by atoms with Crippen LogP contribution in [-0.2, 0) is 17.9 Å². The molecule has 29 heavy (non-hydrogen) atoms. The quantitative estimate of drug-likeness (QED) is 0.502. The van der Waals surface area contributed by atoms with E-state index in [2.05, 4.69) is 35.2 Å². The van der Waals surface area contributed by atoms with Crippen molar-refractivity contribution in [2.75, 3.05) is 6.54 Å². The monoisotopic (exact) mass is 407 g/mol. The highest BCUT2D eigenvalue weighted by atomic mass is 32.2. The maximum Gasteiger partial charge on any atom is 0.304 e. The Balaban J connectivity index is 1.75.